The minimum Gasteiger partial charge on any atom is -0.508 e. The molecule has 0 saturated carbocycles. The van der Waals surface area contributed by atoms with E-state index in [2.05, 4.69) is 18.7 Å². The molecule has 1 rings (SSSR count). The average molecular weight is 255 g/mol. The number of nitrogens with zero attached hydrogens (tertiary/aromatic N) is 1. The fraction of sp³-hybridized carbons (Fsp3) is 0.571. The highest BCUT2D eigenvalue weighted by Gasteiger charge is 2.14. The van der Waals surface area contributed by atoms with Crippen LogP contribution in [-0.2, 0) is 11.3 Å². The molecule has 1 atom stereocenters. The van der Waals surface area contributed by atoms with Crippen molar-refractivity contribution in [3.8, 4) is 5.75 Å². The molecular weight excluding hydrogens is 233 g/mol. The maximum Gasteiger partial charge on any atom is 0.123 e. The molecule has 0 aliphatic heterocycles. The van der Waals surface area contributed by atoms with E-state index < -0.39 is 0 Å². The van der Waals surface area contributed by atoms with Gasteiger partial charge in [0.1, 0.15) is 11.6 Å². The van der Waals surface area contributed by atoms with Gasteiger partial charge in [0, 0.05) is 31.8 Å². The maximum absolute atomic E-state index is 13.2. The summed E-state index contributed by atoms with van der Waals surface area (Å²) in [7, 11) is 1.66. The molecular formula is C14H22FNO2. The second-order valence-corrected chi connectivity index (χ2v) is 4.49. The van der Waals surface area contributed by atoms with Gasteiger partial charge in [-0.2, -0.15) is 0 Å². The molecule has 0 aromatic heterocycles. The monoisotopic (exact) mass is 255 g/mol. The summed E-state index contributed by atoms with van der Waals surface area (Å²) in [5.74, 6) is -0.180. The van der Waals surface area contributed by atoms with E-state index in [1.807, 2.05) is 0 Å². The van der Waals surface area contributed by atoms with Gasteiger partial charge in [-0.1, -0.05) is 6.92 Å². The largest absolute Gasteiger partial charge is 0.508 e. The highest BCUT2D eigenvalue weighted by Crippen LogP contribution is 2.21. The first-order valence-electron chi connectivity index (χ1n) is 6.28. The van der Waals surface area contributed by atoms with Crippen LogP contribution in [0.5, 0.6) is 5.75 Å². The van der Waals surface area contributed by atoms with Gasteiger partial charge in [-0.3, -0.25) is 4.90 Å². The van der Waals surface area contributed by atoms with Crippen molar-refractivity contribution in [2.24, 2.45) is 0 Å². The van der Waals surface area contributed by atoms with Crippen LogP contribution in [0.4, 0.5) is 4.39 Å². The van der Waals surface area contributed by atoms with Crippen LogP contribution in [0.1, 0.15) is 25.8 Å². The number of benzene rings is 1. The number of rotatable bonds is 7. The van der Waals surface area contributed by atoms with Gasteiger partial charge >= 0.3 is 0 Å². The number of phenolic OH excluding ortho intramolecular Hbond substituents is 1. The summed E-state index contributed by atoms with van der Waals surface area (Å²) in [5, 5.41) is 9.74. The summed E-state index contributed by atoms with van der Waals surface area (Å²) in [4.78, 5) is 2.18. The summed E-state index contributed by atoms with van der Waals surface area (Å²) in [6.45, 7) is 6.14. The van der Waals surface area contributed by atoms with Gasteiger partial charge in [-0.05, 0) is 31.5 Å². The van der Waals surface area contributed by atoms with E-state index >= 15 is 0 Å². The van der Waals surface area contributed by atoms with Gasteiger partial charge in [0.05, 0.1) is 6.61 Å². The van der Waals surface area contributed by atoms with Gasteiger partial charge in [-0.25, -0.2) is 4.39 Å². The maximum atomic E-state index is 13.2. The van der Waals surface area contributed by atoms with Gasteiger partial charge in [0.2, 0.25) is 0 Å². The Hall–Kier alpha value is -1.13. The summed E-state index contributed by atoms with van der Waals surface area (Å²) in [6.07, 6.45) is 1.000. The van der Waals surface area contributed by atoms with Gasteiger partial charge < -0.3 is 9.84 Å². The third-order valence-corrected chi connectivity index (χ3v) is 3.21. The van der Waals surface area contributed by atoms with Crippen molar-refractivity contribution >= 4 is 0 Å². The molecule has 1 aromatic carbocycles. The summed E-state index contributed by atoms with van der Waals surface area (Å²) >= 11 is 0. The van der Waals surface area contributed by atoms with E-state index in [1.165, 1.54) is 18.2 Å². The first-order valence-corrected chi connectivity index (χ1v) is 6.28. The molecule has 4 heteroatoms. The van der Waals surface area contributed by atoms with Crippen LogP contribution in [0.15, 0.2) is 18.2 Å². The molecule has 1 N–H and O–H groups in total. The van der Waals surface area contributed by atoms with Gasteiger partial charge in [-0.15, -0.1) is 0 Å². The molecule has 0 spiro atoms. The molecule has 0 radical (unpaired) electrons. The summed E-state index contributed by atoms with van der Waals surface area (Å²) < 4.78 is 18.3. The molecule has 102 valence electrons. The van der Waals surface area contributed by atoms with Crippen LogP contribution >= 0.6 is 0 Å². The molecule has 0 aliphatic rings. The molecule has 18 heavy (non-hydrogen) atoms. The molecule has 0 aliphatic carbocycles. The Balaban J connectivity index is 2.77. The van der Waals surface area contributed by atoms with E-state index in [-0.39, 0.29) is 11.6 Å². The number of ether oxygens (including phenoxy) is 1. The standard InChI is InChI=1S/C14H22FNO2/c1-4-11(2)16(7-8-18-3)10-12-9-13(15)5-6-14(12)17/h5-6,9,11,17H,4,7-8,10H2,1-3H3. The SMILES string of the molecule is CCC(C)N(CCOC)Cc1cc(F)ccc1O. The predicted molar refractivity (Wildman–Crippen MR) is 70.1 cm³/mol. The van der Waals surface area contributed by atoms with Crippen molar-refractivity contribution in [2.45, 2.75) is 32.9 Å². The van der Waals surface area contributed by atoms with Crippen molar-refractivity contribution < 1.29 is 14.2 Å². The van der Waals surface area contributed by atoms with E-state index in [4.69, 9.17) is 4.74 Å². The number of phenols is 1. The third-order valence-electron chi connectivity index (χ3n) is 3.21. The number of halogens is 1. The van der Waals surface area contributed by atoms with Crippen LogP contribution in [-0.4, -0.2) is 36.3 Å². The Morgan fingerprint density at radius 1 is 1.44 bits per heavy atom. The normalized spacial score (nSPS) is 12.9. The Kier molecular flexibility index (Phi) is 6.09. The van der Waals surface area contributed by atoms with Crippen molar-refractivity contribution in [2.75, 3.05) is 20.3 Å². The third kappa shape index (κ3) is 4.27. The molecule has 0 heterocycles. The van der Waals surface area contributed by atoms with E-state index in [1.54, 1.807) is 7.11 Å². The lowest BCUT2D eigenvalue weighted by Gasteiger charge is -2.28. The Morgan fingerprint density at radius 2 is 2.17 bits per heavy atom. The Morgan fingerprint density at radius 3 is 2.78 bits per heavy atom. The summed E-state index contributed by atoms with van der Waals surface area (Å²) in [6, 6.07) is 4.41. The lowest BCUT2D eigenvalue weighted by atomic mass is 10.1. The minimum absolute atomic E-state index is 0.141. The van der Waals surface area contributed by atoms with Crippen molar-refractivity contribution in [3.63, 3.8) is 0 Å². The van der Waals surface area contributed by atoms with Crippen LogP contribution < -0.4 is 0 Å². The zero-order chi connectivity index (χ0) is 13.5. The van der Waals surface area contributed by atoms with Crippen molar-refractivity contribution in [3.05, 3.63) is 29.6 Å². The zero-order valence-corrected chi connectivity index (χ0v) is 11.3. The fourth-order valence-electron chi connectivity index (χ4n) is 1.82. The molecule has 0 amide bonds. The molecule has 1 aromatic rings. The first-order chi connectivity index (χ1) is 8.58. The molecule has 0 bridgehead atoms. The van der Waals surface area contributed by atoms with Crippen LogP contribution in [0.25, 0.3) is 0 Å². The van der Waals surface area contributed by atoms with Crippen molar-refractivity contribution in [1.29, 1.82) is 0 Å². The Labute approximate surface area is 108 Å². The molecule has 0 fully saturated rings. The highest BCUT2D eigenvalue weighted by atomic mass is 19.1. The molecule has 1 unspecified atom stereocenters. The number of aromatic hydroxyl groups is 1. The van der Waals surface area contributed by atoms with E-state index in [0.717, 1.165) is 13.0 Å². The number of methoxy groups -OCH3 is 1. The molecule has 0 saturated heterocycles. The second-order valence-electron chi connectivity index (χ2n) is 4.49. The number of hydrogen-bond donors (Lipinski definition) is 1. The summed E-state index contributed by atoms with van der Waals surface area (Å²) in [5.41, 5.74) is 0.617. The van der Waals surface area contributed by atoms with Gasteiger partial charge in [0.25, 0.3) is 0 Å². The van der Waals surface area contributed by atoms with Crippen LogP contribution in [0, 0.1) is 5.82 Å². The second kappa shape index (κ2) is 7.34. The Bertz CT molecular complexity index is 371. The van der Waals surface area contributed by atoms with Crippen LogP contribution in [0.3, 0.4) is 0 Å². The lowest BCUT2D eigenvalue weighted by molar-refractivity contribution is 0.117. The lowest BCUT2D eigenvalue weighted by Crippen LogP contribution is -2.34. The smallest absolute Gasteiger partial charge is 0.123 e. The number of hydrogen-bond acceptors (Lipinski definition) is 3. The van der Waals surface area contributed by atoms with Gasteiger partial charge in [0.15, 0.2) is 0 Å². The van der Waals surface area contributed by atoms with E-state index in [0.29, 0.717) is 24.8 Å². The van der Waals surface area contributed by atoms with Crippen molar-refractivity contribution in [1.82, 2.24) is 4.90 Å². The zero-order valence-electron chi connectivity index (χ0n) is 11.3. The van der Waals surface area contributed by atoms with Crippen LogP contribution in [0.2, 0.25) is 0 Å². The average Bonchev–Trinajstić information content (AvgIpc) is 2.37. The highest BCUT2D eigenvalue weighted by molar-refractivity contribution is 5.32. The molecule has 3 nitrogen and oxygen atoms in total. The predicted octanol–water partition coefficient (Wildman–Crippen LogP) is 2.78. The fourth-order valence-corrected chi connectivity index (χ4v) is 1.82. The quantitative estimate of drug-likeness (QED) is 0.813. The minimum atomic E-state index is -0.321. The van der Waals surface area contributed by atoms with E-state index in [9.17, 15) is 9.50 Å². The first kappa shape index (κ1) is 14.9. The topological polar surface area (TPSA) is 32.7 Å².